The molecule has 1 aliphatic heterocycles. The molecule has 0 aliphatic carbocycles. The molecular weight excluding hydrogens is 560 g/mol. The van der Waals surface area contributed by atoms with Gasteiger partial charge in [-0.2, -0.15) is 0 Å². The predicted octanol–water partition coefficient (Wildman–Crippen LogP) is 4.68. The summed E-state index contributed by atoms with van der Waals surface area (Å²) in [5.74, 6) is 1.74. The van der Waals surface area contributed by atoms with Gasteiger partial charge in [0.25, 0.3) is 5.91 Å². The molecule has 0 saturated heterocycles. The molecule has 0 atom stereocenters. The summed E-state index contributed by atoms with van der Waals surface area (Å²) in [6.45, 7) is 2.62. The van der Waals surface area contributed by atoms with E-state index in [4.69, 9.17) is 18.9 Å². The van der Waals surface area contributed by atoms with Gasteiger partial charge in [-0.1, -0.05) is 0 Å². The first-order valence-electron chi connectivity index (χ1n) is 13.6. The van der Waals surface area contributed by atoms with Crippen LogP contribution in [0.25, 0.3) is 0 Å². The molecule has 0 unspecified atom stereocenters. The first-order chi connectivity index (χ1) is 20.7. The van der Waals surface area contributed by atoms with E-state index in [-0.39, 0.29) is 12.1 Å². The van der Waals surface area contributed by atoms with Crippen LogP contribution >= 0.6 is 0 Å². The summed E-state index contributed by atoms with van der Waals surface area (Å²) in [5, 5.41) is 22.9. The number of hydrogen-bond donors (Lipinski definition) is 0. The van der Waals surface area contributed by atoms with Crippen LogP contribution in [0.15, 0.2) is 48.5 Å². The minimum Gasteiger partial charge on any atom is -0.493 e. The molecule has 13 nitrogen and oxygen atoms in total. The van der Waals surface area contributed by atoms with Crippen molar-refractivity contribution in [3.63, 3.8) is 0 Å². The van der Waals surface area contributed by atoms with Crippen molar-refractivity contribution in [1.82, 2.24) is 4.90 Å². The fourth-order valence-electron chi connectivity index (χ4n) is 5.23. The van der Waals surface area contributed by atoms with Crippen molar-refractivity contribution in [3.8, 4) is 23.0 Å². The van der Waals surface area contributed by atoms with Crippen molar-refractivity contribution in [2.45, 2.75) is 19.3 Å². The molecule has 1 amide bonds. The highest BCUT2D eigenvalue weighted by Crippen LogP contribution is 2.34. The zero-order valence-corrected chi connectivity index (χ0v) is 24.5. The van der Waals surface area contributed by atoms with Crippen LogP contribution in [0.1, 0.15) is 27.9 Å². The molecule has 0 spiro atoms. The topological polar surface area (TPSA) is 147 Å². The second-order valence-corrected chi connectivity index (χ2v) is 9.88. The van der Waals surface area contributed by atoms with Gasteiger partial charge in [-0.05, 0) is 67.3 Å². The maximum Gasteiger partial charge on any atom is 0.346 e. The number of fused-ring (bicyclic) bond motifs is 1. The smallest absolute Gasteiger partial charge is 0.346 e. The number of ether oxygens (including phenoxy) is 4. The van der Waals surface area contributed by atoms with E-state index in [0.717, 1.165) is 38.1 Å². The van der Waals surface area contributed by atoms with Crippen LogP contribution in [0, 0.1) is 20.2 Å². The minimum absolute atomic E-state index is 0.0415. The lowest BCUT2D eigenvalue weighted by atomic mass is 10.0. The Morgan fingerprint density at radius 1 is 0.767 bits per heavy atom. The first kappa shape index (κ1) is 31.0. The first-order valence-corrected chi connectivity index (χ1v) is 13.6. The Labute approximate surface area is 248 Å². The summed E-state index contributed by atoms with van der Waals surface area (Å²) in [5.41, 5.74) is 1.44. The average molecular weight is 595 g/mol. The SMILES string of the molecule is COc1ccc(N(CCCN2CCc3cc(OC)c(OC)cc3CC2)C(=O)c2ccc([N+](=O)[O-])c([N+](=O)[O-])c2)cc1OC. The van der Waals surface area contributed by atoms with Gasteiger partial charge in [0, 0.05) is 49.1 Å². The number of amides is 1. The van der Waals surface area contributed by atoms with Crippen molar-refractivity contribution in [3.05, 3.63) is 85.4 Å². The van der Waals surface area contributed by atoms with Crippen molar-refractivity contribution in [2.75, 3.05) is 59.5 Å². The van der Waals surface area contributed by atoms with Crippen LogP contribution in [0.5, 0.6) is 23.0 Å². The van der Waals surface area contributed by atoms with E-state index in [1.807, 2.05) is 12.1 Å². The molecule has 4 rings (SSSR count). The molecule has 0 bridgehead atoms. The van der Waals surface area contributed by atoms with Gasteiger partial charge in [-0.3, -0.25) is 25.0 Å². The second kappa shape index (κ2) is 13.8. The van der Waals surface area contributed by atoms with Gasteiger partial charge in [0.15, 0.2) is 23.0 Å². The van der Waals surface area contributed by atoms with Crippen molar-refractivity contribution in [2.24, 2.45) is 0 Å². The Kier molecular flexibility index (Phi) is 9.99. The minimum atomic E-state index is -0.863. The third-order valence-corrected chi connectivity index (χ3v) is 7.50. The summed E-state index contributed by atoms with van der Waals surface area (Å²) < 4.78 is 21.7. The highest BCUT2D eigenvalue weighted by Gasteiger charge is 2.28. The largest absolute Gasteiger partial charge is 0.493 e. The molecule has 3 aromatic carbocycles. The van der Waals surface area contributed by atoms with Gasteiger partial charge < -0.3 is 28.7 Å². The maximum atomic E-state index is 13.8. The Balaban J connectivity index is 1.55. The fraction of sp³-hybridized carbons (Fsp3) is 0.367. The predicted molar refractivity (Wildman–Crippen MR) is 159 cm³/mol. The average Bonchev–Trinajstić information content (AvgIpc) is 3.22. The van der Waals surface area contributed by atoms with Gasteiger partial charge in [0.2, 0.25) is 0 Å². The quantitative estimate of drug-likeness (QED) is 0.214. The second-order valence-electron chi connectivity index (χ2n) is 9.88. The molecular formula is C30H34N4O9. The molecule has 0 radical (unpaired) electrons. The maximum absolute atomic E-state index is 13.8. The molecule has 1 aliphatic rings. The van der Waals surface area contributed by atoms with E-state index < -0.39 is 27.1 Å². The molecule has 0 fully saturated rings. The van der Waals surface area contributed by atoms with Gasteiger partial charge in [0.1, 0.15) is 0 Å². The summed E-state index contributed by atoms with van der Waals surface area (Å²) in [6.07, 6.45) is 2.26. The highest BCUT2D eigenvalue weighted by molar-refractivity contribution is 6.06. The number of anilines is 1. The number of methoxy groups -OCH3 is 4. The van der Waals surface area contributed by atoms with Gasteiger partial charge in [0.05, 0.1) is 38.3 Å². The van der Waals surface area contributed by atoms with Gasteiger partial charge >= 0.3 is 11.4 Å². The lowest BCUT2D eigenvalue weighted by molar-refractivity contribution is -0.422. The molecule has 1 heterocycles. The van der Waals surface area contributed by atoms with Crippen molar-refractivity contribution in [1.29, 1.82) is 0 Å². The number of nitro groups is 2. The zero-order valence-electron chi connectivity index (χ0n) is 24.5. The van der Waals surface area contributed by atoms with E-state index in [9.17, 15) is 25.0 Å². The van der Waals surface area contributed by atoms with Crippen LogP contribution < -0.4 is 23.8 Å². The molecule has 228 valence electrons. The van der Waals surface area contributed by atoms with E-state index >= 15 is 0 Å². The lowest BCUT2D eigenvalue weighted by Gasteiger charge is -2.26. The normalized spacial score (nSPS) is 12.9. The van der Waals surface area contributed by atoms with E-state index in [1.54, 1.807) is 32.4 Å². The van der Waals surface area contributed by atoms with Crippen molar-refractivity contribution < 1.29 is 33.6 Å². The van der Waals surface area contributed by atoms with Gasteiger partial charge in [-0.25, -0.2) is 0 Å². The number of nitro benzene ring substituents is 2. The Morgan fingerprint density at radius 2 is 1.33 bits per heavy atom. The molecule has 0 N–H and O–H groups in total. The molecule has 0 saturated carbocycles. The van der Waals surface area contributed by atoms with E-state index in [2.05, 4.69) is 4.90 Å². The standard InChI is InChI=1S/C30H34N4O9/c1-40-26-9-7-23(19-29(26)43-4)32(30(35)22-6-8-24(33(36)37)25(16-22)34(38)39)13-5-12-31-14-10-20-17-27(41-2)28(42-3)18-21(20)11-15-31/h6-9,16-19H,5,10-15H2,1-4H3. The molecule has 13 heteroatoms. The zero-order chi connectivity index (χ0) is 31.1. The monoisotopic (exact) mass is 594 g/mol. The third kappa shape index (κ3) is 6.95. The van der Waals surface area contributed by atoms with Crippen LogP contribution in [0.3, 0.4) is 0 Å². The van der Waals surface area contributed by atoms with E-state index in [1.165, 1.54) is 36.3 Å². The number of carbonyl (C=O) groups is 1. The van der Waals surface area contributed by atoms with Crippen LogP contribution in [-0.4, -0.2) is 75.3 Å². The Bertz CT molecular complexity index is 1480. The number of carbonyl (C=O) groups excluding carboxylic acids is 1. The summed E-state index contributed by atoms with van der Waals surface area (Å²) in [4.78, 5) is 38.8. The Morgan fingerprint density at radius 3 is 1.86 bits per heavy atom. The van der Waals surface area contributed by atoms with Gasteiger partial charge in [-0.15, -0.1) is 0 Å². The highest BCUT2D eigenvalue weighted by atomic mass is 16.6. The summed E-state index contributed by atoms with van der Waals surface area (Å²) >= 11 is 0. The number of nitrogens with zero attached hydrogens (tertiary/aromatic N) is 4. The van der Waals surface area contributed by atoms with Crippen LogP contribution in [-0.2, 0) is 12.8 Å². The van der Waals surface area contributed by atoms with Crippen molar-refractivity contribution >= 4 is 23.0 Å². The summed E-state index contributed by atoms with van der Waals surface area (Å²) in [6, 6.07) is 12.2. The lowest BCUT2D eigenvalue weighted by Crippen LogP contribution is -2.35. The number of benzene rings is 3. The number of hydrogen-bond acceptors (Lipinski definition) is 10. The molecule has 43 heavy (non-hydrogen) atoms. The summed E-state index contributed by atoms with van der Waals surface area (Å²) in [7, 11) is 6.22. The Hall–Kier alpha value is -4.91. The van der Waals surface area contributed by atoms with Crippen LogP contribution in [0.4, 0.5) is 17.1 Å². The third-order valence-electron chi connectivity index (χ3n) is 7.50. The molecule has 0 aromatic heterocycles. The fourth-order valence-corrected chi connectivity index (χ4v) is 5.23. The molecule has 3 aromatic rings. The number of rotatable bonds is 12. The van der Waals surface area contributed by atoms with E-state index in [0.29, 0.717) is 41.7 Å². The van der Waals surface area contributed by atoms with Crippen LogP contribution in [0.2, 0.25) is 0 Å².